The predicted molar refractivity (Wildman–Crippen MR) is 119 cm³/mol. The van der Waals surface area contributed by atoms with Gasteiger partial charge in [-0.15, -0.1) is 0 Å². The van der Waals surface area contributed by atoms with Crippen LogP contribution in [-0.4, -0.2) is 52.4 Å². The van der Waals surface area contributed by atoms with Crippen LogP contribution in [0.25, 0.3) is 0 Å². The van der Waals surface area contributed by atoms with E-state index in [1.54, 1.807) is 25.1 Å². The lowest BCUT2D eigenvalue weighted by atomic mass is 9.83. The highest BCUT2D eigenvalue weighted by Crippen LogP contribution is 2.32. The van der Waals surface area contributed by atoms with E-state index in [1.807, 2.05) is 16.7 Å². The first-order valence-corrected chi connectivity index (χ1v) is 11.8. The third-order valence-electron chi connectivity index (χ3n) is 7.02. The molecule has 6 nitrogen and oxygen atoms in total. The molecule has 2 aromatic rings. The molecule has 0 N–H and O–H groups in total. The van der Waals surface area contributed by atoms with Crippen molar-refractivity contribution >= 4 is 11.8 Å². The summed E-state index contributed by atoms with van der Waals surface area (Å²) >= 11 is 0. The summed E-state index contributed by atoms with van der Waals surface area (Å²) in [4.78, 5) is 30.0. The van der Waals surface area contributed by atoms with Gasteiger partial charge < -0.3 is 14.3 Å². The largest absolute Gasteiger partial charge is 0.361 e. The van der Waals surface area contributed by atoms with Crippen LogP contribution in [0.5, 0.6) is 0 Å². The first kappa shape index (κ1) is 22.5. The Morgan fingerprint density at radius 1 is 1.12 bits per heavy atom. The second kappa shape index (κ2) is 9.84. The Labute approximate surface area is 188 Å². The lowest BCUT2D eigenvalue weighted by molar-refractivity contribution is -0.136. The maximum atomic E-state index is 14.1. The Morgan fingerprint density at radius 2 is 1.88 bits per heavy atom. The average molecular weight is 442 g/mol. The average Bonchev–Trinajstić information content (AvgIpc) is 3.20. The third-order valence-corrected chi connectivity index (χ3v) is 7.02. The number of amides is 2. The maximum absolute atomic E-state index is 14.1. The highest BCUT2D eigenvalue weighted by Gasteiger charge is 2.36. The topological polar surface area (TPSA) is 66.7 Å². The molecule has 1 atom stereocenters. The van der Waals surface area contributed by atoms with Gasteiger partial charge in [0.1, 0.15) is 17.1 Å². The lowest BCUT2D eigenvalue weighted by Gasteiger charge is -2.43. The quantitative estimate of drug-likeness (QED) is 0.699. The summed E-state index contributed by atoms with van der Waals surface area (Å²) in [5, 5.41) is 4.02. The van der Waals surface area contributed by atoms with Crippen molar-refractivity contribution in [2.24, 2.45) is 5.92 Å². The summed E-state index contributed by atoms with van der Waals surface area (Å²) in [7, 11) is 0. The van der Waals surface area contributed by atoms with E-state index in [-0.39, 0.29) is 30.1 Å². The number of hydrogen-bond acceptors (Lipinski definition) is 4. The molecule has 0 saturated carbocycles. The molecule has 2 aliphatic rings. The molecule has 3 heterocycles. The maximum Gasteiger partial charge on any atom is 0.259 e. The van der Waals surface area contributed by atoms with Crippen LogP contribution >= 0.6 is 0 Å². The summed E-state index contributed by atoms with van der Waals surface area (Å²) < 4.78 is 19.3. The molecule has 2 saturated heterocycles. The Kier molecular flexibility index (Phi) is 6.92. The molecule has 1 aromatic carbocycles. The number of benzene rings is 1. The lowest BCUT2D eigenvalue weighted by Crippen LogP contribution is -2.51. The molecule has 4 rings (SSSR count). The van der Waals surface area contributed by atoms with Crippen molar-refractivity contribution < 1.29 is 18.5 Å². The predicted octanol–water partition coefficient (Wildman–Crippen LogP) is 4.16. The normalized spacial score (nSPS) is 19.9. The standard InChI is InChI=1S/C25H32FN3O3/c1-3-21-24(17(2)32-27-21)25(31)28-14-11-18(12-15-28)22-10-6-7-13-29(22)23(30)16-19-8-4-5-9-20(19)26/h4-5,8-9,18,22H,3,6-7,10-16H2,1-2H3/t22-/m1/s1. The van der Waals surface area contributed by atoms with Gasteiger partial charge >= 0.3 is 0 Å². The van der Waals surface area contributed by atoms with E-state index in [9.17, 15) is 14.0 Å². The molecule has 0 radical (unpaired) electrons. The number of hydrogen-bond donors (Lipinski definition) is 0. The van der Waals surface area contributed by atoms with Crippen LogP contribution in [0.1, 0.15) is 66.4 Å². The molecule has 32 heavy (non-hydrogen) atoms. The van der Waals surface area contributed by atoms with Gasteiger partial charge in [0.05, 0.1) is 12.1 Å². The van der Waals surface area contributed by atoms with Gasteiger partial charge in [-0.25, -0.2) is 4.39 Å². The van der Waals surface area contributed by atoms with Crippen LogP contribution in [-0.2, 0) is 17.6 Å². The van der Waals surface area contributed by atoms with Crippen molar-refractivity contribution in [1.29, 1.82) is 0 Å². The van der Waals surface area contributed by atoms with E-state index in [4.69, 9.17) is 4.52 Å². The monoisotopic (exact) mass is 441 g/mol. The number of carbonyl (C=O) groups excluding carboxylic acids is 2. The minimum Gasteiger partial charge on any atom is -0.361 e. The zero-order valence-corrected chi connectivity index (χ0v) is 19.0. The second-order valence-electron chi connectivity index (χ2n) is 8.96. The molecular weight excluding hydrogens is 409 g/mol. The summed E-state index contributed by atoms with van der Waals surface area (Å²) in [6.45, 7) is 5.83. The Bertz CT molecular complexity index is 965. The van der Waals surface area contributed by atoms with Crippen LogP contribution in [0.3, 0.4) is 0 Å². The molecular formula is C25H32FN3O3. The summed E-state index contributed by atoms with van der Waals surface area (Å²) in [5.41, 5.74) is 1.77. The summed E-state index contributed by atoms with van der Waals surface area (Å²) in [6.07, 6.45) is 5.57. The highest BCUT2D eigenvalue weighted by atomic mass is 19.1. The van der Waals surface area contributed by atoms with Gasteiger partial charge in [0.2, 0.25) is 5.91 Å². The molecule has 2 amide bonds. The van der Waals surface area contributed by atoms with Crippen LogP contribution in [0, 0.1) is 18.7 Å². The number of aromatic nitrogens is 1. The van der Waals surface area contributed by atoms with E-state index in [0.29, 0.717) is 48.0 Å². The highest BCUT2D eigenvalue weighted by molar-refractivity contribution is 5.96. The van der Waals surface area contributed by atoms with Crippen molar-refractivity contribution in [3.8, 4) is 0 Å². The van der Waals surface area contributed by atoms with Crippen LogP contribution in [0.4, 0.5) is 4.39 Å². The van der Waals surface area contributed by atoms with E-state index in [0.717, 1.165) is 38.6 Å². The molecule has 7 heteroatoms. The van der Waals surface area contributed by atoms with Crippen LogP contribution < -0.4 is 0 Å². The number of piperidine rings is 2. The first-order chi connectivity index (χ1) is 15.5. The van der Waals surface area contributed by atoms with Gasteiger partial charge in [-0.1, -0.05) is 30.3 Å². The second-order valence-corrected chi connectivity index (χ2v) is 8.96. The number of aryl methyl sites for hydroxylation is 2. The van der Waals surface area contributed by atoms with E-state index in [2.05, 4.69) is 5.16 Å². The van der Waals surface area contributed by atoms with Gasteiger partial charge in [0, 0.05) is 25.7 Å². The van der Waals surface area contributed by atoms with Gasteiger partial charge in [-0.2, -0.15) is 0 Å². The number of carbonyl (C=O) groups is 2. The molecule has 172 valence electrons. The number of likely N-dealkylation sites (tertiary alicyclic amines) is 2. The zero-order valence-electron chi connectivity index (χ0n) is 19.0. The van der Waals surface area contributed by atoms with Crippen molar-refractivity contribution in [3.05, 3.63) is 52.7 Å². The smallest absolute Gasteiger partial charge is 0.259 e. The molecule has 1 aromatic heterocycles. The van der Waals surface area contributed by atoms with Gasteiger partial charge in [0.25, 0.3) is 5.91 Å². The fraction of sp³-hybridized carbons (Fsp3) is 0.560. The van der Waals surface area contributed by atoms with Gasteiger partial charge in [-0.05, 0) is 63.0 Å². The van der Waals surface area contributed by atoms with Crippen molar-refractivity contribution in [2.75, 3.05) is 19.6 Å². The third kappa shape index (κ3) is 4.57. The molecule has 0 spiro atoms. The molecule has 0 aliphatic carbocycles. The van der Waals surface area contributed by atoms with E-state index >= 15 is 0 Å². The van der Waals surface area contributed by atoms with Crippen LogP contribution in [0.15, 0.2) is 28.8 Å². The SMILES string of the molecule is CCc1noc(C)c1C(=O)N1CCC([C@H]2CCCCN2C(=O)Cc2ccccc2F)CC1. The molecule has 2 aliphatic heterocycles. The number of nitrogens with zero attached hydrogens (tertiary/aromatic N) is 3. The fourth-order valence-electron chi connectivity index (χ4n) is 5.24. The molecule has 2 fully saturated rings. The number of rotatable bonds is 5. The Hall–Kier alpha value is -2.70. The minimum atomic E-state index is -0.322. The minimum absolute atomic E-state index is 0.00446. The Morgan fingerprint density at radius 3 is 2.59 bits per heavy atom. The fourth-order valence-corrected chi connectivity index (χ4v) is 5.24. The Balaban J connectivity index is 1.40. The summed E-state index contributed by atoms with van der Waals surface area (Å²) in [6, 6.07) is 6.68. The van der Waals surface area contributed by atoms with Crippen molar-refractivity contribution in [3.63, 3.8) is 0 Å². The van der Waals surface area contributed by atoms with E-state index < -0.39 is 0 Å². The van der Waals surface area contributed by atoms with E-state index in [1.165, 1.54) is 6.07 Å². The zero-order chi connectivity index (χ0) is 22.7. The van der Waals surface area contributed by atoms with Crippen molar-refractivity contribution in [2.45, 2.75) is 64.8 Å². The summed E-state index contributed by atoms with van der Waals surface area (Å²) in [5.74, 6) is 0.613. The molecule has 0 unspecified atom stereocenters. The van der Waals surface area contributed by atoms with Crippen molar-refractivity contribution in [1.82, 2.24) is 15.0 Å². The molecule has 0 bridgehead atoms. The van der Waals surface area contributed by atoms with Gasteiger partial charge in [-0.3, -0.25) is 9.59 Å². The van der Waals surface area contributed by atoms with Gasteiger partial charge in [0.15, 0.2) is 0 Å². The van der Waals surface area contributed by atoms with Crippen LogP contribution in [0.2, 0.25) is 0 Å². The number of halogens is 1. The first-order valence-electron chi connectivity index (χ1n) is 11.8.